The second kappa shape index (κ2) is 10.2. The van der Waals surface area contributed by atoms with Crippen LogP contribution in [-0.4, -0.2) is 39.3 Å². The number of amides is 1. The zero-order valence-corrected chi connectivity index (χ0v) is 20.3. The quantitative estimate of drug-likeness (QED) is 0.392. The zero-order chi connectivity index (χ0) is 24.2. The SMILES string of the molecule is CCc1ccccc1Sc1nccn2c(=O)n(CC(=O)Nc3cc(Cl)c(OC)cc3OC)nc12. The molecule has 0 unspecified atom stereocenters. The van der Waals surface area contributed by atoms with E-state index in [2.05, 4.69) is 28.4 Å². The van der Waals surface area contributed by atoms with Crippen molar-refractivity contribution in [3.05, 3.63) is 69.9 Å². The molecule has 4 aromatic rings. The predicted molar refractivity (Wildman–Crippen MR) is 130 cm³/mol. The summed E-state index contributed by atoms with van der Waals surface area (Å²) < 4.78 is 12.9. The second-order valence-corrected chi connectivity index (χ2v) is 8.60. The van der Waals surface area contributed by atoms with Gasteiger partial charge in [0.1, 0.15) is 23.1 Å². The van der Waals surface area contributed by atoms with E-state index in [0.29, 0.717) is 32.9 Å². The van der Waals surface area contributed by atoms with Gasteiger partial charge in [-0.2, -0.15) is 0 Å². The summed E-state index contributed by atoms with van der Waals surface area (Å²) in [6, 6.07) is 11.1. The fourth-order valence-corrected chi connectivity index (χ4v) is 4.67. The van der Waals surface area contributed by atoms with Crippen molar-refractivity contribution in [2.45, 2.75) is 29.8 Å². The van der Waals surface area contributed by atoms with Crippen LogP contribution in [0.25, 0.3) is 5.65 Å². The lowest BCUT2D eigenvalue weighted by atomic mass is 10.2. The van der Waals surface area contributed by atoms with Gasteiger partial charge in [-0.05, 0) is 24.1 Å². The highest BCUT2D eigenvalue weighted by Crippen LogP contribution is 2.36. The molecule has 11 heteroatoms. The van der Waals surface area contributed by atoms with Gasteiger partial charge in [0.2, 0.25) is 5.91 Å². The molecule has 0 aliphatic heterocycles. The Morgan fingerprint density at radius 2 is 1.94 bits per heavy atom. The number of hydrogen-bond acceptors (Lipinski definition) is 7. The lowest BCUT2D eigenvalue weighted by Gasteiger charge is -2.12. The van der Waals surface area contributed by atoms with Gasteiger partial charge in [-0.1, -0.05) is 48.5 Å². The Morgan fingerprint density at radius 1 is 1.18 bits per heavy atom. The van der Waals surface area contributed by atoms with Gasteiger partial charge in [-0.25, -0.2) is 18.9 Å². The summed E-state index contributed by atoms with van der Waals surface area (Å²) in [6.07, 6.45) is 3.94. The second-order valence-electron chi connectivity index (χ2n) is 7.16. The first kappa shape index (κ1) is 23.7. The standard InChI is InChI=1S/C23H22ClN5O4S/c1-4-14-7-5-6-8-19(14)34-22-21-27-29(23(31)28(21)10-9-25-22)13-20(30)26-16-11-15(24)17(32-2)12-18(16)33-3/h5-12H,4,13H2,1-3H3,(H,26,30). The van der Waals surface area contributed by atoms with Crippen LogP contribution in [-0.2, 0) is 17.8 Å². The summed E-state index contributed by atoms with van der Waals surface area (Å²) >= 11 is 7.61. The first-order chi connectivity index (χ1) is 16.4. The number of ether oxygens (including phenoxy) is 2. The fourth-order valence-electron chi connectivity index (χ4n) is 3.38. The van der Waals surface area contributed by atoms with Crippen molar-refractivity contribution in [2.24, 2.45) is 0 Å². The Labute approximate surface area is 204 Å². The van der Waals surface area contributed by atoms with E-state index in [1.54, 1.807) is 12.3 Å². The normalized spacial score (nSPS) is 10.9. The lowest BCUT2D eigenvalue weighted by Crippen LogP contribution is -2.28. The molecule has 4 rings (SSSR count). The molecule has 0 spiro atoms. The molecule has 0 saturated carbocycles. The minimum absolute atomic E-state index is 0.303. The van der Waals surface area contributed by atoms with Crippen LogP contribution in [0.15, 0.2) is 63.5 Å². The third kappa shape index (κ3) is 4.73. The van der Waals surface area contributed by atoms with Crippen LogP contribution in [0.1, 0.15) is 12.5 Å². The van der Waals surface area contributed by atoms with E-state index in [9.17, 15) is 9.59 Å². The molecule has 0 bridgehead atoms. The molecule has 2 aromatic carbocycles. The van der Waals surface area contributed by atoms with E-state index < -0.39 is 11.6 Å². The Morgan fingerprint density at radius 3 is 2.68 bits per heavy atom. The maximum atomic E-state index is 12.9. The van der Waals surface area contributed by atoms with Crippen molar-refractivity contribution in [2.75, 3.05) is 19.5 Å². The molecule has 2 heterocycles. The van der Waals surface area contributed by atoms with Crippen LogP contribution >= 0.6 is 23.4 Å². The molecule has 1 amide bonds. The van der Waals surface area contributed by atoms with E-state index in [1.165, 1.54) is 48.2 Å². The van der Waals surface area contributed by atoms with Gasteiger partial charge in [-0.15, -0.1) is 5.10 Å². The monoisotopic (exact) mass is 499 g/mol. The molecule has 1 N–H and O–H groups in total. The first-order valence-electron chi connectivity index (χ1n) is 10.4. The Kier molecular flexibility index (Phi) is 7.09. The minimum Gasteiger partial charge on any atom is -0.495 e. The topological polar surface area (TPSA) is 99.8 Å². The van der Waals surface area contributed by atoms with Crippen molar-refractivity contribution in [1.82, 2.24) is 19.2 Å². The van der Waals surface area contributed by atoms with Gasteiger partial charge in [0, 0.05) is 23.4 Å². The third-order valence-corrected chi connectivity index (χ3v) is 6.47. The molecule has 0 atom stereocenters. The van der Waals surface area contributed by atoms with Crippen LogP contribution in [0.3, 0.4) is 0 Å². The van der Waals surface area contributed by atoms with Crippen LogP contribution in [0.4, 0.5) is 5.69 Å². The van der Waals surface area contributed by atoms with E-state index >= 15 is 0 Å². The van der Waals surface area contributed by atoms with E-state index in [0.717, 1.165) is 16.0 Å². The first-order valence-corrected chi connectivity index (χ1v) is 11.6. The van der Waals surface area contributed by atoms with Gasteiger partial charge in [0.25, 0.3) is 0 Å². The summed E-state index contributed by atoms with van der Waals surface area (Å²) in [5.74, 6) is 0.313. The number of nitrogens with one attached hydrogen (secondary N) is 1. The molecule has 176 valence electrons. The third-order valence-electron chi connectivity index (χ3n) is 5.07. The van der Waals surface area contributed by atoms with Crippen LogP contribution in [0.5, 0.6) is 11.5 Å². The number of hydrogen-bond donors (Lipinski definition) is 1. The predicted octanol–water partition coefficient (Wildman–Crippen LogP) is 3.91. The summed E-state index contributed by atoms with van der Waals surface area (Å²) in [5, 5.41) is 7.97. The highest BCUT2D eigenvalue weighted by molar-refractivity contribution is 7.99. The number of rotatable bonds is 8. The Balaban J connectivity index is 1.60. The molecule has 0 aliphatic rings. The number of aromatic nitrogens is 4. The molecule has 0 fully saturated rings. The molecule has 0 aliphatic carbocycles. The van der Waals surface area contributed by atoms with Gasteiger partial charge in [0.15, 0.2) is 5.65 Å². The van der Waals surface area contributed by atoms with Crippen molar-refractivity contribution < 1.29 is 14.3 Å². The maximum absolute atomic E-state index is 12.9. The van der Waals surface area contributed by atoms with Gasteiger partial charge < -0.3 is 14.8 Å². The van der Waals surface area contributed by atoms with Gasteiger partial charge in [0.05, 0.1) is 24.9 Å². The number of aryl methyl sites for hydroxylation is 1. The maximum Gasteiger partial charge on any atom is 0.350 e. The molecule has 9 nitrogen and oxygen atoms in total. The molecular formula is C23H22ClN5O4S. The highest BCUT2D eigenvalue weighted by atomic mass is 35.5. The van der Waals surface area contributed by atoms with E-state index in [1.807, 2.05) is 18.2 Å². The molecule has 0 radical (unpaired) electrons. The van der Waals surface area contributed by atoms with Crippen molar-refractivity contribution >= 4 is 40.6 Å². The number of nitrogens with zero attached hydrogens (tertiary/aromatic N) is 4. The van der Waals surface area contributed by atoms with Gasteiger partial charge >= 0.3 is 5.69 Å². The molecular weight excluding hydrogens is 478 g/mol. The van der Waals surface area contributed by atoms with Crippen LogP contribution < -0.4 is 20.5 Å². The summed E-state index contributed by atoms with van der Waals surface area (Å²) in [7, 11) is 2.95. The number of halogens is 1. The summed E-state index contributed by atoms with van der Waals surface area (Å²) in [4.78, 5) is 31.1. The number of anilines is 1. The summed E-state index contributed by atoms with van der Waals surface area (Å²) in [5.41, 5.74) is 1.45. The average Bonchev–Trinajstić information content (AvgIpc) is 3.15. The Bertz CT molecular complexity index is 1420. The van der Waals surface area contributed by atoms with Crippen molar-refractivity contribution in [3.63, 3.8) is 0 Å². The van der Waals surface area contributed by atoms with E-state index in [-0.39, 0.29) is 6.54 Å². The zero-order valence-electron chi connectivity index (χ0n) is 18.7. The fraction of sp³-hybridized carbons (Fsp3) is 0.217. The lowest BCUT2D eigenvalue weighted by molar-refractivity contribution is -0.117. The van der Waals surface area contributed by atoms with Crippen molar-refractivity contribution in [3.8, 4) is 11.5 Å². The number of benzene rings is 2. The van der Waals surface area contributed by atoms with Crippen LogP contribution in [0, 0.1) is 0 Å². The smallest absolute Gasteiger partial charge is 0.350 e. The number of carbonyl (C=O) groups excluding carboxylic acids is 1. The van der Waals surface area contributed by atoms with Crippen LogP contribution in [0.2, 0.25) is 5.02 Å². The average molecular weight is 500 g/mol. The minimum atomic E-state index is -0.469. The number of carbonyl (C=O) groups is 1. The molecule has 34 heavy (non-hydrogen) atoms. The largest absolute Gasteiger partial charge is 0.495 e. The Hall–Kier alpha value is -3.50. The number of fused-ring (bicyclic) bond motifs is 1. The molecule has 0 saturated heterocycles. The van der Waals surface area contributed by atoms with Gasteiger partial charge in [-0.3, -0.25) is 4.79 Å². The summed E-state index contributed by atoms with van der Waals surface area (Å²) in [6.45, 7) is 1.78. The highest BCUT2D eigenvalue weighted by Gasteiger charge is 2.17. The van der Waals surface area contributed by atoms with E-state index in [4.69, 9.17) is 21.1 Å². The number of methoxy groups -OCH3 is 2. The van der Waals surface area contributed by atoms with Crippen molar-refractivity contribution in [1.29, 1.82) is 0 Å². The molecule has 2 aromatic heterocycles.